The van der Waals surface area contributed by atoms with E-state index in [9.17, 15) is 4.79 Å². The first-order valence-electron chi connectivity index (χ1n) is 3.21. The summed E-state index contributed by atoms with van der Waals surface area (Å²) in [5.41, 5.74) is 0. The van der Waals surface area contributed by atoms with E-state index in [1.54, 1.807) is 0 Å². The van der Waals surface area contributed by atoms with Crippen molar-refractivity contribution in [3.63, 3.8) is 0 Å². The number of rotatable bonds is 3. The molecule has 0 saturated heterocycles. The van der Waals surface area contributed by atoms with E-state index in [1.807, 2.05) is 13.8 Å². The maximum Gasteiger partial charge on any atom is 0.407 e. The summed E-state index contributed by atoms with van der Waals surface area (Å²) in [4.78, 5) is 10.6. The molecule has 0 saturated carbocycles. The fourth-order valence-corrected chi connectivity index (χ4v) is 0.412. The smallest absolute Gasteiger partial charge is 0.407 e. The minimum Gasteiger partial charge on any atom is -0.445 e. The van der Waals surface area contributed by atoms with Crippen LogP contribution in [0.1, 0.15) is 13.8 Å². The molecule has 3 nitrogen and oxygen atoms in total. The van der Waals surface area contributed by atoms with Gasteiger partial charge in [-0.15, -0.1) is 0 Å². The fraction of sp³-hybridized carbons (Fsp3) is 0.571. The lowest BCUT2D eigenvalue weighted by Gasteiger charge is -2.06. The Morgan fingerprint density at radius 1 is 1.80 bits per heavy atom. The predicted octanol–water partition coefficient (Wildman–Crippen LogP) is 1.31. The highest BCUT2D eigenvalue weighted by atomic mass is 16.5. The average Bonchev–Trinajstić information content (AvgIpc) is 1.82. The number of hydrogen-bond acceptors (Lipinski definition) is 2. The Morgan fingerprint density at radius 2 is 2.40 bits per heavy atom. The van der Waals surface area contributed by atoms with Crippen LogP contribution in [-0.4, -0.2) is 18.7 Å². The Labute approximate surface area is 61.1 Å². The standard InChI is InChI=1S/C7H13NO2/c1-4-5-10-7(9)8-6(2)3/h4,6H,1,5H2,2-3H3,(H,8,9). The topological polar surface area (TPSA) is 38.3 Å². The van der Waals surface area contributed by atoms with Crippen LogP contribution < -0.4 is 5.32 Å². The second-order valence-corrected chi connectivity index (χ2v) is 2.19. The van der Waals surface area contributed by atoms with Crippen molar-refractivity contribution in [1.29, 1.82) is 0 Å². The van der Waals surface area contributed by atoms with Gasteiger partial charge >= 0.3 is 6.09 Å². The maximum atomic E-state index is 10.6. The summed E-state index contributed by atoms with van der Waals surface area (Å²) in [5, 5.41) is 2.57. The molecule has 0 rings (SSSR count). The average molecular weight is 143 g/mol. The first-order chi connectivity index (χ1) is 4.66. The summed E-state index contributed by atoms with van der Waals surface area (Å²) in [6.45, 7) is 7.41. The first-order valence-corrected chi connectivity index (χ1v) is 3.21. The van der Waals surface area contributed by atoms with Gasteiger partial charge in [0, 0.05) is 6.04 Å². The molecule has 0 aliphatic carbocycles. The van der Waals surface area contributed by atoms with Crippen molar-refractivity contribution in [1.82, 2.24) is 5.32 Å². The highest BCUT2D eigenvalue weighted by Crippen LogP contribution is 1.81. The van der Waals surface area contributed by atoms with Crippen molar-refractivity contribution < 1.29 is 9.53 Å². The molecule has 0 bridgehead atoms. The Kier molecular flexibility index (Phi) is 4.37. The van der Waals surface area contributed by atoms with Crippen LogP contribution in [0.3, 0.4) is 0 Å². The largest absolute Gasteiger partial charge is 0.445 e. The molecule has 0 aliphatic rings. The van der Waals surface area contributed by atoms with Crippen LogP contribution in [0.25, 0.3) is 0 Å². The molecule has 0 heterocycles. The highest BCUT2D eigenvalue weighted by Gasteiger charge is 2.00. The van der Waals surface area contributed by atoms with Gasteiger partial charge in [0.2, 0.25) is 0 Å². The Morgan fingerprint density at radius 3 is 2.80 bits per heavy atom. The highest BCUT2D eigenvalue weighted by molar-refractivity contribution is 5.67. The zero-order chi connectivity index (χ0) is 7.98. The Hall–Kier alpha value is -0.990. The second-order valence-electron chi connectivity index (χ2n) is 2.19. The number of carbonyl (C=O) groups excluding carboxylic acids is 1. The molecule has 0 radical (unpaired) electrons. The van der Waals surface area contributed by atoms with Gasteiger partial charge in [-0.05, 0) is 13.8 Å². The van der Waals surface area contributed by atoms with Crippen LogP contribution in [0.2, 0.25) is 0 Å². The number of nitrogens with one attached hydrogen (secondary N) is 1. The van der Waals surface area contributed by atoms with Crippen molar-refractivity contribution >= 4 is 6.09 Å². The molecule has 0 aromatic rings. The SMILES string of the molecule is C=CCOC(=O)NC(C)C. The van der Waals surface area contributed by atoms with Crippen LogP contribution >= 0.6 is 0 Å². The van der Waals surface area contributed by atoms with Gasteiger partial charge < -0.3 is 10.1 Å². The van der Waals surface area contributed by atoms with E-state index in [4.69, 9.17) is 0 Å². The fourth-order valence-electron chi connectivity index (χ4n) is 0.412. The van der Waals surface area contributed by atoms with Crippen molar-refractivity contribution in [3.05, 3.63) is 12.7 Å². The molecule has 58 valence electrons. The van der Waals surface area contributed by atoms with E-state index in [0.29, 0.717) is 0 Å². The predicted molar refractivity (Wildman–Crippen MR) is 39.8 cm³/mol. The lowest BCUT2D eigenvalue weighted by Crippen LogP contribution is -2.30. The zero-order valence-electron chi connectivity index (χ0n) is 6.39. The molecular weight excluding hydrogens is 130 g/mol. The molecule has 0 atom stereocenters. The van der Waals surface area contributed by atoms with Crippen molar-refractivity contribution in [3.8, 4) is 0 Å². The van der Waals surface area contributed by atoms with E-state index < -0.39 is 6.09 Å². The summed E-state index contributed by atoms with van der Waals surface area (Å²) >= 11 is 0. The molecular formula is C7H13NO2. The number of amides is 1. The number of hydrogen-bond donors (Lipinski definition) is 1. The summed E-state index contributed by atoms with van der Waals surface area (Å²) in [6, 6.07) is 0.123. The van der Waals surface area contributed by atoms with Crippen molar-refractivity contribution in [2.24, 2.45) is 0 Å². The van der Waals surface area contributed by atoms with E-state index in [1.165, 1.54) is 6.08 Å². The van der Waals surface area contributed by atoms with Crippen LogP contribution in [0, 0.1) is 0 Å². The molecule has 1 amide bonds. The van der Waals surface area contributed by atoms with Gasteiger partial charge in [-0.3, -0.25) is 0 Å². The molecule has 1 N–H and O–H groups in total. The van der Waals surface area contributed by atoms with Gasteiger partial charge in [0.05, 0.1) is 0 Å². The van der Waals surface area contributed by atoms with Gasteiger partial charge in [-0.25, -0.2) is 4.79 Å². The molecule has 0 aliphatic heterocycles. The third-order valence-corrected chi connectivity index (χ3v) is 0.739. The Balaban J connectivity index is 3.34. The first kappa shape index (κ1) is 9.01. The Bertz CT molecular complexity index is 121. The third-order valence-electron chi connectivity index (χ3n) is 0.739. The minimum atomic E-state index is -0.394. The van der Waals surface area contributed by atoms with Gasteiger partial charge in [-0.1, -0.05) is 12.7 Å². The number of ether oxygens (including phenoxy) is 1. The number of alkyl carbamates (subject to hydrolysis) is 1. The monoisotopic (exact) mass is 143 g/mol. The van der Waals surface area contributed by atoms with E-state index in [-0.39, 0.29) is 12.6 Å². The molecule has 0 aromatic carbocycles. The molecule has 10 heavy (non-hydrogen) atoms. The molecule has 3 heteroatoms. The summed E-state index contributed by atoms with van der Waals surface area (Å²) in [7, 11) is 0. The van der Waals surface area contributed by atoms with Gasteiger partial charge in [-0.2, -0.15) is 0 Å². The van der Waals surface area contributed by atoms with E-state index in [0.717, 1.165) is 0 Å². The van der Waals surface area contributed by atoms with Crippen LogP contribution in [0.5, 0.6) is 0 Å². The molecule has 0 fully saturated rings. The van der Waals surface area contributed by atoms with Gasteiger partial charge in [0.1, 0.15) is 6.61 Å². The van der Waals surface area contributed by atoms with Gasteiger partial charge in [0.15, 0.2) is 0 Å². The van der Waals surface area contributed by atoms with Crippen LogP contribution in [0.4, 0.5) is 4.79 Å². The normalized spacial score (nSPS) is 9.10. The van der Waals surface area contributed by atoms with Crippen molar-refractivity contribution in [2.75, 3.05) is 6.61 Å². The lowest BCUT2D eigenvalue weighted by molar-refractivity contribution is 0.155. The number of carbonyl (C=O) groups is 1. The molecule has 0 spiro atoms. The zero-order valence-corrected chi connectivity index (χ0v) is 6.39. The second kappa shape index (κ2) is 4.85. The summed E-state index contributed by atoms with van der Waals surface area (Å²) in [5.74, 6) is 0. The quantitative estimate of drug-likeness (QED) is 0.605. The van der Waals surface area contributed by atoms with Gasteiger partial charge in [0.25, 0.3) is 0 Å². The lowest BCUT2D eigenvalue weighted by atomic mass is 10.4. The van der Waals surface area contributed by atoms with Crippen molar-refractivity contribution in [2.45, 2.75) is 19.9 Å². The molecule has 0 aromatic heterocycles. The van der Waals surface area contributed by atoms with Crippen LogP contribution in [-0.2, 0) is 4.74 Å². The minimum absolute atomic E-state index is 0.123. The molecule has 0 unspecified atom stereocenters. The maximum absolute atomic E-state index is 10.6. The third kappa shape index (κ3) is 5.15. The summed E-state index contributed by atoms with van der Waals surface area (Å²) < 4.78 is 4.63. The van der Waals surface area contributed by atoms with E-state index >= 15 is 0 Å². The van der Waals surface area contributed by atoms with Crippen LogP contribution in [0.15, 0.2) is 12.7 Å². The summed E-state index contributed by atoms with van der Waals surface area (Å²) in [6.07, 6.45) is 1.13. The van der Waals surface area contributed by atoms with E-state index in [2.05, 4.69) is 16.6 Å².